The summed E-state index contributed by atoms with van der Waals surface area (Å²) in [6, 6.07) is 6.49. The van der Waals surface area contributed by atoms with Crippen molar-refractivity contribution in [3.05, 3.63) is 29.6 Å². The van der Waals surface area contributed by atoms with Crippen LogP contribution in [0.3, 0.4) is 0 Å². The molecule has 2 rings (SSSR count). The van der Waals surface area contributed by atoms with E-state index in [4.69, 9.17) is 16.6 Å². The highest BCUT2D eigenvalue weighted by Crippen LogP contribution is 2.21. The summed E-state index contributed by atoms with van der Waals surface area (Å²) in [6.45, 7) is 5.42. The summed E-state index contributed by atoms with van der Waals surface area (Å²) < 4.78 is 2.35. The lowest BCUT2D eigenvalue weighted by Gasteiger charge is -2.14. The quantitative estimate of drug-likeness (QED) is 0.746. The fraction of sp³-hybridized carbons (Fsp3) is 0.533. The number of aromatic nitrogens is 2. The topological polar surface area (TPSA) is 17.8 Å². The summed E-state index contributed by atoms with van der Waals surface area (Å²) in [4.78, 5) is 4.75. The third-order valence-corrected chi connectivity index (χ3v) is 4.34. The van der Waals surface area contributed by atoms with Crippen molar-refractivity contribution in [3.63, 3.8) is 0 Å². The lowest BCUT2D eigenvalue weighted by atomic mass is 10.2. The molecule has 0 aliphatic carbocycles. The molecule has 0 saturated carbocycles. The lowest BCUT2D eigenvalue weighted by Crippen LogP contribution is -2.13. The third-order valence-electron chi connectivity index (χ3n) is 3.25. The van der Waals surface area contributed by atoms with E-state index in [0.717, 1.165) is 24.3 Å². The average molecular weight is 297 g/mol. The van der Waals surface area contributed by atoms with Crippen LogP contribution < -0.4 is 0 Å². The van der Waals surface area contributed by atoms with Gasteiger partial charge in [0, 0.05) is 18.8 Å². The van der Waals surface area contributed by atoms with Gasteiger partial charge in [-0.3, -0.25) is 0 Å². The second-order valence-electron chi connectivity index (χ2n) is 5.13. The molecule has 19 heavy (non-hydrogen) atoms. The Hall–Kier alpha value is -0.670. The highest BCUT2D eigenvalue weighted by atomic mass is 35.5. The van der Waals surface area contributed by atoms with Gasteiger partial charge in [0.1, 0.15) is 5.82 Å². The van der Waals surface area contributed by atoms with Crippen LogP contribution in [-0.4, -0.2) is 27.4 Å². The van der Waals surface area contributed by atoms with E-state index in [0.29, 0.717) is 11.8 Å². The van der Waals surface area contributed by atoms with E-state index < -0.39 is 0 Å². The largest absolute Gasteiger partial charge is 0.328 e. The maximum Gasteiger partial charge on any atom is 0.111 e. The van der Waals surface area contributed by atoms with Crippen LogP contribution in [-0.2, 0) is 13.0 Å². The smallest absolute Gasteiger partial charge is 0.111 e. The van der Waals surface area contributed by atoms with E-state index in [-0.39, 0.29) is 0 Å². The Bertz CT molecular complexity index is 550. The van der Waals surface area contributed by atoms with Gasteiger partial charge in [0.05, 0.1) is 11.0 Å². The first-order valence-corrected chi connectivity index (χ1v) is 8.59. The number of imidazole rings is 1. The van der Waals surface area contributed by atoms with Crippen molar-refractivity contribution in [2.45, 2.75) is 26.8 Å². The second kappa shape index (κ2) is 6.67. The summed E-state index contributed by atoms with van der Waals surface area (Å²) in [7, 11) is 0. The highest BCUT2D eigenvalue weighted by Gasteiger charge is 2.13. The number of aryl methyl sites for hydroxylation is 2. The number of rotatable bonds is 6. The molecule has 0 aliphatic rings. The summed E-state index contributed by atoms with van der Waals surface area (Å²) >= 11 is 7.81. The molecule has 0 spiro atoms. The molecule has 1 heterocycles. The van der Waals surface area contributed by atoms with Crippen molar-refractivity contribution < 1.29 is 0 Å². The van der Waals surface area contributed by atoms with Gasteiger partial charge in [-0.05, 0) is 42.5 Å². The zero-order chi connectivity index (χ0) is 13.8. The van der Waals surface area contributed by atoms with Gasteiger partial charge in [-0.2, -0.15) is 11.8 Å². The Morgan fingerprint density at radius 1 is 1.42 bits per heavy atom. The highest BCUT2D eigenvalue weighted by molar-refractivity contribution is 7.98. The Morgan fingerprint density at radius 3 is 2.89 bits per heavy atom. The predicted molar refractivity (Wildman–Crippen MR) is 86.4 cm³/mol. The van der Waals surface area contributed by atoms with Crippen molar-refractivity contribution in [3.8, 4) is 0 Å². The Labute approximate surface area is 124 Å². The van der Waals surface area contributed by atoms with Crippen LogP contribution in [0.5, 0.6) is 0 Å². The van der Waals surface area contributed by atoms with E-state index >= 15 is 0 Å². The number of thioether (sulfide) groups is 1. The molecular weight excluding hydrogens is 276 g/mol. The number of benzene rings is 1. The first-order valence-electron chi connectivity index (χ1n) is 6.66. The van der Waals surface area contributed by atoms with Gasteiger partial charge in [0.2, 0.25) is 0 Å². The molecule has 0 bridgehead atoms. The second-order valence-corrected chi connectivity index (χ2v) is 6.42. The molecule has 4 heteroatoms. The van der Waals surface area contributed by atoms with Gasteiger partial charge >= 0.3 is 0 Å². The summed E-state index contributed by atoms with van der Waals surface area (Å²) in [5.41, 5.74) is 3.59. The molecule has 0 N–H and O–H groups in total. The third kappa shape index (κ3) is 3.46. The molecule has 1 atom stereocenters. The lowest BCUT2D eigenvalue weighted by molar-refractivity contribution is 0.526. The van der Waals surface area contributed by atoms with Crippen molar-refractivity contribution in [2.24, 2.45) is 5.92 Å². The number of hydrogen-bond acceptors (Lipinski definition) is 2. The molecule has 2 aromatic rings. The fourth-order valence-electron chi connectivity index (χ4n) is 2.42. The van der Waals surface area contributed by atoms with Gasteiger partial charge in [-0.25, -0.2) is 4.98 Å². The summed E-state index contributed by atoms with van der Waals surface area (Å²) in [6.07, 6.45) is 2.99. The molecule has 1 aromatic carbocycles. The van der Waals surface area contributed by atoms with Gasteiger partial charge in [0.15, 0.2) is 0 Å². The molecule has 1 unspecified atom stereocenters. The van der Waals surface area contributed by atoms with Gasteiger partial charge < -0.3 is 4.57 Å². The van der Waals surface area contributed by atoms with Crippen LogP contribution in [0.15, 0.2) is 18.2 Å². The molecule has 0 saturated heterocycles. The van der Waals surface area contributed by atoms with E-state index in [1.54, 1.807) is 0 Å². The standard InChI is InChI=1S/C15H21ClN2S/c1-11-4-5-14-13(8-11)17-15(6-7-16)18(14)9-12(2)10-19-3/h4-5,8,12H,6-7,9-10H2,1-3H3. The first-order chi connectivity index (χ1) is 9.15. The maximum absolute atomic E-state index is 5.91. The molecule has 2 nitrogen and oxygen atoms in total. The normalized spacial score (nSPS) is 13.1. The molecule has 1 aromatic heterocycles. The molecule has 104 valence electrons. The van der Waals surface area contributed by atoms with E-state index in [1.807, 2.05) is 11.8 Å². The van der Waals surface area contributed by atoms with Crippen molar-refractivity contribution in [2.75, 3.05) is 17.9 Å². The van der Waals surface area contributed by atoms with Crippen LogP contribution in [0.25, 0.3) is 11.0 Å². The number of alkyl halides is 1. The fourth-order valence-corrected chi connectivity index (χ4v) is 3.26. The van der Waals surface area contributed by atoms with Crippen LogP contribution in [0, 0.1) is 12.8 Å². The van der Waals surface area contributed by atoms with Crippen molar-refractivity contribution in [1.82, 2.24) is 9.55 Å². The minimum absolute atomic E-state index is 0.624. The number of halogens is 1. The Kier molecular flexibility index (Phi) is 5.17. The maximum atomic E-state index is 5.91. The van der Waals surface area contributed by atoms with Crippen LogP contribution in [0.4, 0.5) is 0 Å². The minimum Gasteiger partial charge on any atom is -0.328 e. The van der Waals surface area contributed by atoms with E-state index in [1.165, 1.54) is 16.8 Å². The molecule has 0 radical (unpaired) electrons. The zero-order valence-corrected chi connectivity index (χ0v) is 13.4. The van der Waals surface area contributed by atoms with Gasteiger partial charge in [-0.1, -0.05) is 13.0 Å². The summed E-state index contributed by atoms with van der Waals surface area (Å²) in [5, 5.41) is 0. The molecular formula is C15H21ClN2S. The van der Waals surface area contributed by atoms with Crippen LogP contribution in [0.2, 0.25) is 0 Å². The van der Waals surface area contributed by atoms with E-state index in [9.17, 15) is 0 Å². The number of nitrogens with zero attached hydrogens (tertiary/aromatic N) is 2. The van der Waals surface area contributed by atoms with Crippen LogP contribution in [0.1, 0.15) is 18.3 Å². The first kappa shape index (κ1) is 14.7. The monoisotopic (exact) mass is 296 g/mol. The van der Waals surface area contributed by atoms with Gasteiger partial charge in [-0.15, -0.1) is 11.6 Å². The molecule has 0 amide bonds. The molecule has 0 aliphatic heterocycles. The number of fused-ring (bicyclic) bond motifs is 1. The van der Waals surface area contributed by atoms with Gasteiger partial charge in [0.25, 0.3) is 0 Å². The Morgan fingerprint density at radius 2 is 2.21 bits per heavy atom. The van der Waals surface area contributed by atoms with Crippen molar-refractivity contribution in [1.29, 1.82) is 0 Å². The minimum atomic E-state index is 0.624. The average Bonchev–Trinajstić information content (AvgIpc) is 2.67. The van der Waals surface area contributed by atoms with E-state index in [2.05, 4.69) is 42.9 Å². The van der Waals surface area contributed by atoms with Crippen LogP contribution >= 0.6 is 23.4 Å². The Balaban J connectivity index is 2.39. The predicted octanol–water partition coefficient (Wildman–Crippen LogP) is 4.13. The SMILES string of the molecule is CSCC(C)Cn1c(CCCl)nc2cc(C)ccc21. The summed E-state index contributed by atoms with van der Waals surface area (Å²) in [5.74, 6) is 3.55. The molecule has 0 fully saturated rings. The zero-order valence-electron chi connectivity index (χ0n) is 11.8. The van der Waals surface area contributed by atoms with Crippen molar-refractivity contribution >= 4 is 34.4 Å². The number of hydrogen-bond donors (Lipinski definition) is 0.